The summed E-state index contributed by atoms with van der Waals surface area (Å²) in [7, 11) is 2.45. The summed E-state index contributed by atoms with van der Waals surface area (Å²) >= 11 is 0. The highest BCUT2D eigenvalue weighted by molar-refractivity contribution is 7.36. The van der Waals surface area contributed by atoms with Gasteiger partial charge in [0.2, 0.25) is 23.6 Å². The Hall–Kier alpha value is -3.11. The van der Waals surface area contributed by atoms with Crippen LogP contribution in [0.5, 0.6) is 0 Å². The summed E-state index contributed by atoms with van der Waals surface area (Å²) in [5.41, 5.74) is 0. The molecule has 13 heteroatoms. The summed E-state index contributed by atoms with van der Waals surface area (Å²) < 4.78 is 0. The first-order chi connectivity index (χ1) is 16.3. The SMILES string of the molecule is C=PC[C@H](NC(=O)CNC(=O)CNC(=O)CCCCCN1C(=O)C=CC1=O)C(=O)NCCNC. The Balaban J connectivity index is 2.17. The quantitative estimate of drug-likeness (QED) is 0.0874. The van der Waals surface area contributed by atoms with Gasteiger partial charge in [0.15, 0.2) is 0 Å². The van der Waals surface area contributed by atoms with Crippen LogP contribution in [0.15, 0.2) is 12.2 Å². The highest BCUT2D eigenvalue weighted by Crippen LogP contribution is 2.07. The summed E-state index contributed by atoms with van der Waals surface area (Å²) in [5, 5.41) is 13.0. The van der Waals surface area contributed by atoms with Crippen molar-refractivity contribution >= 4 is 49.9 Å². The molecule has 1 aliphatic heterocycles. The zero-order valence-electron chi connectivity index (χ0n) is 19.4. The molecule has 1 rings (SSSR count). The van der Waals surface area contributed by atoms with Crippen molar-refractivity contribution in [3.8, 4) is 0 Å². The number of likely N-dealkylation sites (N-methyl/N-ethyl adjacent to an activating group) is 1. The summed E-state index contributed by atoms with van der Waals surface area (Å²) in [6, 6.07) is -0.752. The first-order valence-corrected chi connectivity index (χ1v) is 12.3. The fourth-order valence-corrected chi connectivity index (χ4v) is 3.41. The zero-order valence-corrected chi connectivity index (χ0v) is 20.2. The van der Waals surface area contributed by atoms with Gasteiger partial charge in [0.05, 0.1) is 13.1 Å². The fourth-order valence-electron chi connectivity index (χ4n) is 2.89. The van der Waals surface area contributed by atoms with Crippen LogP contribution in [0.3, 0.4) is 0 Å². The second-order valence-electron chi connectivity index (χ2n) is 7.45. The molecule has 0 saturated carbocycles. The van der Waals surface area contributed by atoms with Crippen LogP contribution in [-0.4, -0.2) is 98.6 Å². The van der Waals surface area contributed by atoms with Crippen LogP contribution in [0.1, 0.15) is 25.7 Å². The van der Waals surface area contributed by atoms with Crippen molar-refractivity contribution in [1.82, 2.24) is 31.5 Å². The Bertz CT molecular complexity index is 785. The van der Waals surface area contributed by atoms with E-state index in [1.54, 1.807) is 7.05 Å². The number of amides is 6. The molecule has 0 aliphatic carbocycles. The molecule has 6 amide bonds. The van der Waals surface area contributed by atoms with Crippen molar-refractivity contribution in [2.75, 3.05) is 45.9 Å². The molecule has 1 heterocycles. The van der Waals surface area contributed by atoms with E-state index in [0.717, 1.165) is 4.90 Å². The molecule has 1 aliphatic rings. The van der Waals surface area contributed by atoms with Gasteiger partial charge < -0.3 is 26.6 Å². The highest BCUT2D eigenvalue weighted by atomic mass is 31.1. The van der Waals surface area contributed by atoms with Gasteiger partial charge in [-0.2, -0.15) is 0 Å². The average Bonchev–Trinajstić information content (AvgIpc) is 3.13. The molecule has 0 radical (unpaired) electrons. The lowest BCUT2D eigenvalue weighted by Crippen LogP contribution is -2.51. The van der Waals surface area contributed by atoms with Gasteiger partial charge in [-0.3, -0.25) is 33.7 Å². The van der Waals surface area contributed by atoms with Crippen LogP contribution >= 0.6 is 8.20 Å². The Kier molecular flexibility index (Phi) is 14.0. The molecule has 0 saturated heterocycles. The van der Waals surface area contributed by atoms with Crippen molar-refractivity contribution in [3.63, 3.8) is 0 Å². The molecule has 12 nitrogen and oxygen atoms in total. The predicted octanol–water partition coefficient (Wildman–Crippen LogP) is -2.10. The Morgan fingerprint density at radius 2 is 1.56 bits per heavy atom. The largest absolute Gasteiger partial charge is 0.353 e. The van der Waals surface area contributed by atoms with Gasteiger partial charge in [-0.1, -0.05) is 12.7 Å². The minimum absolute atomic E-state index is 0.197. The third-order valence-electron chi connectivity index (χ3n) is 4.72. The minimum Gasteiger partial charge on any atom is -0.353 e. The van der Waals surface area contributed by atoms with Crippen LogP contribution in [0, 0.1) is 0 Å². The standard InChI is InChI=1S/C21H33N6O6P/c1-22-9-10-23-21(33)15(14-34-2)26-18(30)13-25-17(29)12-24-16(28)6-4-3-5-11-27-19(31)7-8-20(27)32/h7-8,15,22H,2-6,9-14H2,1H3,(H,23,33)(H,24,28)(H,25,29)(H,26,30)/t15-/m0/s1. The van der Waals surface area contributed by atoms with E-state index in [1.165, 1.54) is 12.2 Å². The van der Waals surface area contributed by atoms with Crippen LogP contribution < -0.4 is 26.6 Å². The van der Waals surface area contributed by atoms with Gasteiger partial charge in [-0.15, -0.1) is 8.20 Å². The normalized spacial score (nSPS) is 13.6. The van der Waals surface area contributed by atoms with Gasteiger partial charge >= 0.3 is 0 Å². The minimum atomic E-state index is -0.752. The Labute approximate surface area is 200 Å². The molecular formula is C21H33N6O6P. The summed E-state index contributed by atoms with van der Waals surface area (Å²) in [6.07, 6.45) is 8.44. The summed E-state index contributed by atoms with van der Waals surface area (Å²) in [5.74, 6) is -2.36. The molecule has 34 heavy (non-hydrogen) atoms. The first kappa shape index (κ1) is 28.9. The van der Waals surface area contributed by atoms with Gasteiger partial charge in [0.1, 0.15) is 6.04 Å². The molecule has 1 atom stereocenters. The topological polar surface area (TPSA) is 166 Å². The number of nitrogens with zero attached hydrogens (tertiary/aromatic N) is 1. The van der Waals surface area contributed by atoms with E-state index in [9.17, 15) is 28.8 Å². The summed E-state index contributed by atoms with van der Waals surface area (Å²) in [6.45, 7) is 0.714. The van der Waals surface area contributed by atoms with E-state index in [1.807, 2.05) is 0 Å². The fraction of sp³-hybridized carbons (Fsp3) is 0.571. The zero-order chi connectivity index (χ0) is 25.3. The van der Waals surface area contributed by atoms with Crippen molar-refractivity contribution in [3.05, 3.63) is 12.2 Å². The maximum atomic E-state index is 12.1. The van der Waals surface area contributed by atoms with Crippen molar-refractivity contribution < 1.29 is 28.8 Å². The number of unbranched alkanes of at least 4 members (excludes halogenated alkanes) is 2. The first-order valence-electron chi connectivity index (χ1n) is 11.0. The van der Waals surface area contributed by atoms with Crippen molar-refractivity contribution in [1.29, 1.82) is 0 Å². The third kappa shape index (κ3) is 11.7. The molecule has 0 spiro atoms. The molecule has 0 aromatic heterocycles. The van der Waals surface area contributed by atoms with Gasteiger partial charge in [-0.25, -0.2) is 0 Å². The molecule has 0 fully saturated rings. The maximum absolute atomic E-state index is 12.1. The number of carbonyl (C=O) groups is 6. The molecule has 0 bridgehead atoms. The Morgan fingerprint density at radius 1 is 0.912 bits per heavy atom. The van der Waals surface area contributed by atoms with Crippen LogP contribution in [0.25, 0.3) is 0 Å². The lowest BCUT2D eigenvalue weighted by Gasteiger charge is -2.17. The number of imide groups is 1. The smallest absolute Gasteiger partial charge is 0.253 e. The van der Waals surface area contributed by atoms with E-state index in [4.69, 9.17) is 0 Å². The van der Waals surface area contributed by atoms with E-state index < -0.39 is 17.9 Å². The second-order valence-corrected chi connectivity index (χ2v) is 8.26. The lowest BCUT2D eigenvalue weighted by molar-refractivity contribution is -0.137. The molecule has 188 valence electrons. The van der Waals surface area contributed by atoms with Gasteiger partial charge in [-0.05, 0) is 19.9 Å². The number of carbonyl (C=O) groups excluding carboxylic acids is 6. The van der Waals surface area contributed by atoms with Crippen molar-refractivity contribution in [2.24, 2.45) is 0 Å². The van der Waals surface area contributed by atoms with E-state index in [-0.39, 0.29) is 43.1 Å². The molecular weight excluding hydrogens is 463 g/mol. The number of rotatable bonds is 17. The predicted molar refractivity (Wildman–Crippen MR) is 128 cm³/mol. The third-order valence-corrected chi connectivity index (χ3v) is 5.34. The molecule has 0 aromatic carbocycles. The second kappa shape index (κ2) is 16.5. The van der Waals surface area contributed by atoms with Crippen molar-refractivity contribution in [2.45, 2.75) is 31.7 Å². The maximum Gasteiger partial charge on any atom is 0.253 e. The van der Waals surface area contributed by atoms with E-state index in [2.05, 4.69) is 32.9 Å². The molecule has 0 aromatic rings. The lowest BCUT2D eigenvalue weighted by atomic mass is 10.2. The van der Waals surface area contributed by atoms with E-state index >= 15 is 0 Å². The van der Waals surface area contributed by atoms with E-state index in [0.29, 0.717) is 53.3 Å². The number of hydrogen-bond acceptors (Lipinski definition) is 7. The average molecular weight is 497 g/mol. The van der Waals surface area contributed by atoms with Crippen LogP contribution in [-0.2, 0) is 28.8 Å². The Morgan fingerprint density at radius 3 is 2.21 bits per heavy atom. The number of nitrogens with one attached hydrogen (secondary N) is 5. The van der Waals surface area contributed by atoms with Gasteiger partial charge in [0, 0.05) is 44.4 Å². The monoisotopic (exact) mass is 496 g/mol. The number of hydrogen-bond donors (Lipinski definition) is 5. The summed E-state index contributed by atoms with van der Waals surface area (Å²) in [4.78, 5) is 71.9. The molecule has 5 N–H and O–H groups in total. The van der Waals surface area contributed by atoms with Crippen LogP contribution in [0.2, 0.25) is 0 Å². The van der Waals surface area contributed by atoms with Gasteiger partial charge in [0.25, 0.3) is 11.8 Å². The molecule has 0 unspecified atom stereocenters. The van der Waals surface area contributed by atoms with Crippen LogP contribution in [0.4, 0.5) is 0 Å². The highest BCUT2D eigenvalue weighted by Gasteiger charge is 2.22.